The molecule has 6 rings (SSSR count). The third kappa shape index (κ3) is 3.19. The summed E-state index contributed by atoms with van der Waals surface area (Å²) in [6.07, 6.45) is 8.12. The fourth-order valence-electron chi connectivity index (χ4n) is 4.44. The minimum Gasteiger partial charge on any atom is -0.493 e. The molecule has 1 saturated carbocycles. The lowest BCUT2D eigenvalue weighted by Gasteiger charge is -2.55. The first kappa shape index (κ1) is 17.3. The van der Waals surface area contributed by atoms with Crippen molar-refractivity contribution >= 4 is 29.4 Å². The quantitative estimate of drug-likeness (QED) is 0.708. The Morgan fingerprint density at radius 3 is 2.63 bits per heavy atom. The summed E-state index contributed by atoms with van der Waals surface area (Å²) in [7, 11) is 0. The standard InChI is InChI=1S/C20H21ClN4OS/c21-15-11-22-18(23-12-15)14-1-3-17(4-2-14)26-13-20-7-5-16(6-8-20)25-9-10-27-24-19(20)25/h1-4,11-12,16H,5-10,13H2. The molecule has 1 aliphatic carbocycles. The molecule has 3 fully saturated rings. The molecule has 140 valence electrons. The highest BCUT2D eigenvalue weighted by atomic mass is 35.5. The van der Waals surface area contributed by atoms with Gasteiger partial charge in [-0.2, -0.15) is 0 Å². The van der Waals surface area contributed by atoms with Gasteiger partial charge in [0.1, 0.15) is 18.2 Å². The molecule has 0 unspecified atom stereocenters. The van der Waals surface area contributed by atoms with Crippen LogP contribution in [0.4, 0.5) is 0 Å². The number of fused-ring (bicyclic) bond motifs is 2. The Morgan fingerprint density at radius 1 is 1.15 bits per heavy atom. The van der Waals surface area contributed by atoms with Crippen molar-refractivity contribution in [1.29, 1.82) is 0 Å². The third-order valence-electron chi connectivity index (χ3n) is 5.92. The van der Waals surface area contributed by atoms with Crippen molar-refractivity contribution in [2.45, 2.75) is 31.7 Å². The molecule has 0 spiro atoms. The number of amidine groups is 1. The molecule has 5 nitrogen and oxygen atoms in total. The van der Waals surface area contributed by atoms with Crippen LogP contribution in [-0.2, 0) is 0 Å². The van der Waals surface area contributed by atoms with Gasteiger partial charge in [-0.3, -0.25) is 0 Å². The number of nitrogens with zero attached hydrogens (tertiary/aromatic N) is 4. The molecule has 7 heteroatoms. The predicted molar refractivity (Wildman–Crippen MR) is 109 cm³/mol. The Morgan fingerprint density at radius 2 is 1.89 bits per heavy atom. The Kier molecular flexibility index (Phi) is 4.48. The Labute approximate surface area is 168 Å². The first-order valence-corrected chi connectivity index (χ1v) is 10.7. The fraction of sp³-hybridized carbons (Fsp3) is 0.450. The van der Waals surface area contributed by atoms with Crippen LogP contribution in [-0.4, -0.2) is 45.6 Å². The molecule has 0 N–H and O–H groups in total. The van der Waals surface area contributed by atoms with Crippen LogP contribution in [0.25, 0.3) is 11.4 Å². The number of hydrogen-bond acceptors (Lipinski definition) is 6. The molecule has 2 saturated heterocycles. The number of rotatable bonds is 4. The normalized spacial score (nSPS) is 26.5. The Bertz CT molecular complexity index is 847. The van der Waals surface area contributed by atoms with E-state index < -0.39 is 0 Å². The Hall–Kier alpha value is -1.79. The van der Waals surface area contributed by atoms with E-state index in [0.717, 1.165) is 23.6 Å². The summed E-state index contributed by atoms with van der Waals surface area (Å²) in [4.78, 5) is 11.1. The van der Waals surface area contributed by atoms with Gasteiger partial charge >= 0.3 is 0 Å². The topological polar surface area (TPSA) is 50.6 Å². The lowest BCUT2D eigenvalue weighted by Crippen LogP contribution is -2.61. The van der Waals surface area contributed by atoms with Crippen molar-refractivity contribution in [3.8, 4) is 17.1 Å². The SMILES string of the molecule is Clc1cnc(-c2ccc(OCC34CCC(CC3)N3CCSN=C34)cc2)nc1. The summed E-state index contributed by atoms with van der Waals surface area (Å²) in [5, 5.41) is 0.540. The van der Waals surface area contributed by atoms with Crippen LogP contribution in [0, 0.1) is 5.41 Å². The van der Waals surface area contributed by atoms with Gasteiger partial charge in [-0.05, 0) is 61.9 Å². The Balaban J connectivity index is 1.31. The second-order valence-corrected chi connectivity index (χ2v) is 8.78. The summed E-state index contributed by atoms with van der Waals surface area (Å²) in [5.74, 6) is 3.93. The summed E-state index contributed by atoms with van der Waals surface area (Å²) >= 11 is 7.57. The van der Waals surface area contributed by atoms with Crippen LogP contribution >= 0.6 is 23.5 Å². The van der Waals surface area contributed by atoms with Crippen molar-refractivity contribution < 1.29 is 4.74 Å². The summed E-state index contributed by atoms with van der Waals surface area (Å²) < 4.78 is 11.1. The van der Waals surface area contributed by atoms with Gasteiger partial charge in [0.25, 0.3) is 0 Å². The van der Waals surface area contributed by atoms with Crippen molar-refractivity contribution in [2.75, 3.05) is 18.9 Å². The highest BCUT2D eigenvalue weighted by Crippen LogP contribution is 2.48. The van der Waals surface area contributed by atoms with Gasteiger partial charge in [-0.15, -0.1) is 0 Å². The zero-order chi connectivity index (χ0) is 18.3. The van der Waals surface area contributed by atoms with Gasteiger partial charge in [0.05, 0.1) is 10.4 Å². The fourth-order valence-corrected chi connectivity index (χ4v) is 5.33. The van der Waals surface area contributed by atoms with Crippen LogP contribution in [0.3, 0.4) is 0 Å². The molecule has 1 aromatic carbocycles. The molecule has 3 aliphatic heterocycles. The van der Waals surface area contributed by atoms with Crippen LogP contribution < -0.4 is 4.74 Å². The molecule has 0 radical (unpaired) electrons. The number of benzene rings is 1. The van der Waals surface area contributed by atoms with Crippen molar-refractivity contribution in [2.24, 2.45) is 9.81 Å². The van der Waals surface area contributed by atoms with E-state index in [9.17, 15) is 0 Å². The molecule has 4 aliphatic rings. The minimum atomic E-state index is 0.0835. The average molecular weight is 401 g/mol. The molecular weight excluding hydrogens is 380 g/mol. The molecule has 1 aromatic heterocycles. The number of hydrogen-bond donors (Lipinski definition) is 0. The molecule has 0 amide bonds. The monoisotopic (exact) mass is 400 g/mol. The van der Waals surface area contributed by atoms with Crippen LogP contribution in [0.2, 0.25) is 5.02 Å². The lowest BCUT2D eigenvalue weighted by atomic mass is 9.67. The average Bonchev–Trinajstić information content (AvgIpc) is 2.74. The van der Waals surface area contributed by atoms with Crippen LogP contribution in [0.1, 0.15) is 25.7 Å². The van der Waals surface area contributed by atoms with Crippen molar-refractivity contribution in [3.63, 3.8) is 0 Å². The maximum absolute atomic E-state index is 6.24. The van der Waals surface area contributed by atoms with Crippen molar-refractivity contribution in [3.05, 3.63) is 41.7 Å². The molecule has 2 aromatic rings. The highest BCUT2D eigenvalue weighted by molar-refractivity contribution is 7.98. The first-order chi connectivity index (χ1) is 13.2. The van der Waals surface area contributed by atoms with Gasteiger partial charge in [-0.1, -0.05) is 11.6 Å². The number of ether oxygens (including phenoxy) is 1. The molecule has 27 heavy (non-hydrogen) atoms. The van der Waals surface area contributed by atoms with Crippen LogP contribution in [0.5, 0.6) is 5.75 Å². The molecule has 0 atom stereocenters. The maximum atomic E-state index is 6.24. The minimum absolute atomic E-state index is 0.0835. The zero-order valence-electron chi connectivity index (χ0n) is 15.0. The predicted octanol–water partition coefficient (Wildman–Crippen LogP) is 4.48. The number of halogens is 1. The van der Waals surface area contributed by atoms with E-state index in [-0.39, 0.29) is 5.41 Å². The van der Waals surface area contributed by atoms with E-state index in [1.807, 2.05) is 24.3 Å². The smallest absolute Gasteiger partial charge is 0.159 e. The van der Waals surface area contributed by atoms with Gasteiger partial charge in [0, 0.05) is 36.3 Å². The maximum Gasteiger partial charge on any atom is 0.159 e. The summed E-state index contributed by atoms with van der Waals surface area (Å²) in [5.41, 5.74) is 1.04. The summed E-state index contributed by atoms with van der Waals surface area (Å²) in [6, 6.07) is 8.68. The van der Waals surface area contributed by atoms with Crippen LogP contribution in [0.15, 0.2) is 41.1 Å². The first-order valence-electron chi connectivity index (χ1n) is 9.41. The van der Waals surface area contributed by atoms with Gasteiger partial charge in [0.2, 0.25) is 0 Å². The summed E-state index contributed by atoms with van der Waals surface area (Å²) in [6.45, 7) is 1.83. The van der Waals surface area contributed by atoms with E-state index >= 15 is 0 Å². The van der Waals surface area contributed by atoms with Gasteiger partial charge in [-0.25, -0.2) is 14.4 Å². The zero-order valence-corrected chi connectivity index (χ0v) is 16.5. The second-order valence-electron chi connectivity index (χ2n) is 7.49. The third-order valence-corrected chi connectivity index (χ3v) is 6.78. The molecule has 4 heterocycles. The second kappa shape index (κ2) is 6.99. The van der Waals surface area contributed by atoms with E-state index in [2.05, 4.69) is 14.9 Å². The van der Waals surface area contributed by atoms with Crippen molar-refractivity contribution in [1.82, 2.24) is 14.9 Å². The lowest BCUT2D eigenvalue weighted by molar-refractivity contribution is 0.0662. The van der Waals surface area contributed by atoms with Gasteiger partial charge < -0.3 is 9.64 Å². The largest absolute Gasteiger partial charge is 0.493 e. The molecule has 2 bridgehead atoms. The van der Waals surface area contributed by atoms with E-state index in [1.165, 1.54) is 31.5 Å². The van der Waals surface area contributed by atoms with E-state index in [0.29, 0.717) is 23.5 Å². The van der Waals surface area contributed by atoms with E-state index in [4.69, 9.17) is 20.7 Å². The van der Waals surface area contributed by atoms with E-state index in [1.54, 1.807) is 24.3 Å². The van der Waals surface area contributed by atoms with Gasteiger partial charge in [0.15, 0.2) is 5.82 Å². The highest BCUT2D eigenvalue weighted by Gasteiger charge is 2.51. The number of piperidine rings is 2. The number of aromatic nitrogens is 2. The molecular formula is C20H21ClN4OS.